The van der Waals surface area contributed by atoms with Crippen LogP contribution in [-0.4, -0.2) is 64.9 Å². The Morgan fingerprint density at radius 2 is 1.74 bits per heavy atom. The van der Waals surface area contributed by atoms with Crippen LogP contribution >= 0.6 is 0 Å². The van der Waals surface area contributed by atoms with E-state index in [0.717, 1.165) is 25.9 Å². The van der Waals surface area contributed by atoms with Gasteiger partial charge in [-0.3, -0.25) is 19.3 Å². The second kappa shape index (κ2) is 11.5. The lowest BCUT2D eigenvalue weighted by Gasteiger charge is -2.26. The van der Waals surface area contributed by atoms with Gasteiger partial charge in [-0.1, -0.05) is 41.5 Å². The van der Waals surface area contributed by atoms with Crippen molar-refractivity contribution in [2.24, 2.45) is 11.8 Å². The number of carbonyl (C=O) groups is 2. The van der Waals surface area contributed by atoms with Crippen LogP contribution in [0.2, 0.25) is 0 Å². The fraction of sp³-hybridized carbons (Fsp3) is 0.708. The minimum Gasteiger partial charge on any atom is -0.352 e. The Balaban J connectivity index is 2.30. The number of pyridine rings is 1. The van der Waals surface area contributed by atoms with E-state index in [0.29, 0.717) is 44.1 Å². The molecule has 1 aromatic heterocycles. The highest BCUT2D eigenvalue weighted by Crippen LogP contribution is 2.17. The summed E-state index contributed by atoms with van der Waals surface area (Å²) in [6.45, 7) is 16.8. The third kappa shape index (κ3) is 6.66. The van der Waals surface area contributed by atoms with Gasteiger partial charge in [-0.15, -0.1) is 0 Å². The highest BCUT2D eigenvalue weighted by atomic mass is 16.2. The summed E-state index contributed by atoms with van der Waals surface area (Å²) in [4.78, 5) is 43.3. The summed E-state index contributed by atoms with van der Waals surface area (Å²) < 4.78 is 1.81. The summed E-state index contributed by atoms with van der Waals surface area (Å²) in [5.41, 5.74) is -0.328. The fourth-order valence-electron chi connectivity index (χ4n) is 4.18. The van der Waals surface area contributed by atoms with E-state index in [1.165, 1.54) is 0 Å². The van der Waals surface area contributed by atoms with Crippen LogP contribution < -0.4 is 10.7 Å². The molecule has 31 heavy (non-hydrogen) atoms. The van der Waals surface area contributed by atoms with Crippen molar-refractivity contribution >= 4 is 11.8 Å². The van der Waals surface area contributed by atoms with E-state index >= 15 is 0 Å². The molecular formula is C24H40N4O3. The number of nitrogens with zero attached hydrogens (tertiary/aromatic N) is 3. The first-order valence-electron chi connectivity index (χ1n) is 11.7. The highest BCUT2D eigenvalue weighted by molar-refractivity contribution is 5.99. The van der Waals surface area contributed by atoms with Crippen LogP contribution in [0.5, 0.6) is 0 Å². The second-order valence-corrected chi connectivity index (χ2v) is 9.36. The van der Waals surface area contributed by atoms with Gasteiger partial charge >= 0.3 is 0 Å². The number of aromatic nitrogens is 1. The average molecular weight is 433 g/mol. The number of nitrogens with one attached hydrogen (secondary N) is 1. The van der Waals surface area contributed by atoms with Crippen LogP contribution in [0, 0.1) is 11.8 Å². The molecule has 1 N–H and O–H groups in total. The lowest BCUT2D eigenvalue weighted by molar-refractivity contribution is 0.0775. The van der Waals surface area contributed by atoms with Gasteiger partial charge in [0.05, 0.1) is 0 Å². The number of hydrogen-bond acceptors (Lipinski definition) is 4. The van der Waals surface area contributed by atoms with Crippen LogP contribution in [0.25, 0.3) is 0 Å². The molecule has 0 aromatic carbocycles. The Bertz CT molecular complexity index is 812. The first-order chi connectivity index (χ1) is 14.7. The first-order valence-corrected chi connectivity index (χ1v) is 11.7. The SMILES string of the molecule is CCN(CC)[C@H]1CCN(C(=O)c2cn(CC(C)C)cc(C(=O)NCCC(C)C)c2=O)C1. The van der Waals surface area contributed by atoms with Crippen molar-refractivity contribution in [2.45, 2.75) is 67.0 Å². The maximum absolute atomic E-state index is 13.3. The molecule has 7 heteroatoms. The minimum atomic E-state index is -0.474. The minimum absolute atomic E-state index is 0.0507. The molecule has 2 rings (SSSR count). The maximum atomic E-state index is 13.3. The fourth-order valence-corrected chi connectivity index (χ4v) is 4.18. The van der Waals surface area contributed by atoms with Gasteiger partial charge in [0, 0.05) is 44.6 Å². The molecule has 2 amide bonds. The van der Waals surface area contributed by atoms with Crippen molar-refractivity contribution in [2.75, 3.05) is 32.7 Å². The lowest BCUT2D eigenvalue weighted by atomic mass is 10.1. The molecule has 0 spiro atoms. The average Bonchev–Trinajstić information content (AvgIpc) is 3.18. The largest absolute Gasteiger partial charge is 0.352 e. The van der Waals surface area contributed by atoms with Crippen molar-refractivity contribution in [3.8, 4) is 0 Å². The number of likely N-dealkylation sites (tertiary alicyclic amines) is 1. The summed E-state index contributed by atoms with van der Waals surface area (Å²) in [5, 5.41) is 2.84. The topological polar surface area (TPSA) is 74.7 Å². The smallest absolute Gasteiger partial charge is 0.259 e. The van der Waals surface area contributed by atoms with Crippen molar-refractivity contribution < 1.29 is 9.59 Å². The molecule has 7 nitrogen and oxygen atoms in total. The highest BCUT2D eigenvalue weighted by Gasteiger charge is 2.31. The van der Waals surface area contributed by atoms with Crippen molar-refractivity contribution in [3.63, 3.8) is 0 Å². The summed E-state index contributed by atoms with van der Waals surface area (Å²) in [7, 11) is 0. The predicted octanol–water partition coefficient (Wildman–Crippen LogP) is 2.84. The van der Waals surface area contributed by atoms with Crippen LogP contribution in [0.4, 0.5) is 0 Å². The van der Waals surface area contributed by atoms with E-state index in [4.69, 9.17) is 0 Å². The van der Waals surface area contributed by atoms with Crippen LogP contribution in [0.15, 0.2) is 17.2 Å². The zero-order valence-corrected chi connectivity index (χ0v) is 20.1. The number of hydrogen-bond donors (Lipinski definition) is 1. The first kappa shape index (κ1) is 25.1. The van der Waals surface area contributed by atoms with Crippen molar-refractivity contribution in [1.29, 1.82) is 0 Å². The number of rotatable bonds is 10. The van der Waals surface area contributed by atoms with E-state index in [-0.39, 0.29) is 17.0 Å². The lowest BCUT2D eigenvalue weighted by Crippen LogP contribution is -2.40. The zero-order valence-electron chi connectivity index (χ0n) is 20.1. The van der Waals surface area contributed by atoms with Crippen LogP contribution in [0.3, 0.4) is 0 Å². The van der Waals surface area contributed by atoms with E-state index < -0.39 is 11.3 Å². The molecule has 1 atom stereocenters. The molecule has 0 saturated carbocycles. The Morgan fingerprint density at radius 1 is 1.10 bits per heavy atom. The number of amides is 2. The Kier molecular flexibility index (Phi) is 9.29. The number of likely N-dealkylation sites (N-methyl/N-ethyl adjacent to an activating group) is 1. The summed E-state index contributed by atoms with van der Waals surface area (Å²) in [6, 6.07) is 0.319. The monoisotopic (exact) mass is 432 g/mol. The van der Waals surface area contributed by atoms with Gasteiger partial charge in [0.25, 0.3) is 11.8 Å². The molecule has 0 bridgehead atoms. The summed E-state index contributed by atoms with van der Waals surface area (Å²) >= 11 is 0. The van der Waals surface area contributed by atoms with Gasteiger partial charge in [-0.25, -0.2) is 0 Å². The summed E-state index contributed by atoms with van der Waals surface area (Å²) in [6.07, 6.45) is 4.96. The molecule has 1 aromatic rings. The van der Waals surface area contributed by atoms with E-state index in [9.17, 15) is 14.4 Å². The van der Waals surface area contributed by atoms with E-state index in [1.807, 2.05) is 4.57 Å². The molecular weight excluding hydrogens is 392 g/mol. The van der Waals surface area contributed by atoms with Crippen molar-refractivity contribution in [1.82, 2.24) is 19.7 Å². The standard InChI is InChI=1S/C24H40N4O3/c1-7-27(8-2)19-10-12-28(14-19)24(31)21-16-26(13-18(5)6)15-20(22(21)29)23(30)25-11-9-17(3)4/h15-19H,7-14H2,1-6H3,(H,25,30)/t19-/m0/s1. The van der Waals surface area contributed by atoms with E-state index in [2.05, 4.69) is 51.8 Å². The van der Waals surface area contributed by atoms with Crippen LogP contribution in [0.1, 0.15) is 75.1 Å². The molecule has 0 aliphatic carbocycles. The zero-order chi connectivity index (χ0) is 23.1. The Hall–Kier alpha value is -2.15. The molecule has 0 unspecified atom stereocenters. The van der Waals surface area contributed by atoms with Gasteiger partial charge in [-0.2, -0.15) is 0 Å². The molecule has 1 fully saturated rings. The third-order valence-electron chi connectivity index (χ3n) is 5.92. The maximum Gasteiger partial charge on any atom is 0.259 e. The summed E-state index contributed by atoms with van der Waals surface area (Å²) in [5.74, 6) is 0.107. The Labute approximate surface area is 186 Å². The van der Waals surface area contributed by atoms with E-state index in [1.54, 1.807) is 17.3 Å². The van der Waals surface area contributed by atoms with Crippen molar-refractivity contribution in [3.05, 3.63) is 33.7 Å². The van der Waals surface area contributed by atoms with Gasteiger partial charge in [-0.05, 0) is 37.8 Å². The predicted molar refractivity (Wildman–Crippen MR) is 125 cm³/mol. The number of carbonyl (C=O) groups excluding carboxylic acids is 2. The van der Waals surface area contributed by atoms with Gasteiger partial charge in [0.2, 0.25) is 5.43 Å². The molecule has 1 saturated heterocycles. The van der Waals surface area contributed by atoms with Crippen LogP contribution in [-0.2, 0) is 6.54 Å². The molecule has 2 heterocycles. The molecule has 1 aliphatic heterocycles. The molecule has 1 aliphatic rings. The molecule has 0 radical (unpaired) electrons. The van der Waals surface area contributed by atoms with Gasteiger partial charge in [0.15, 0.2) is 0 Å². The quantitative estimate of drug-likeness (QED) is 0.617. The van der Waals surface area contributed by atoms with Gasteiger partial charge in [0.1, 0.15) is 11.1 Å². The second-order valence-electron chi connectivity index (χ2n) is 9.36. The normalized spacial score (nSPS) is 16.5. The Morgan fingerprint density at radius 3 is 2.32 bits per heavy atom. The third-order valence-corrected chi connectivity index (χ3v) is 5.92. The molecule has 174 valence electrons. The van der Waals surface area contributed by atoms with Gasteiger partial charge < -0.3 is 14.8 Å².